The Morgan fingerprint density at radius 2 is 2.32 bits per heavy atom. The molecule has 0 amide bonds. The fourth-order valence-electron chi connectivity index (χ4n) is 2.84. The van der Waals surface area contributed by atoms with E-state index in [0.717, 1.165) is 43.6 Å². The third kappa shape index (κ3) is 4.32. The molecule has 0 spiro atoms. The summed E-state index contributed by atoms with van der Waals surface area (Å²) in [6.45, 7) is 8.41. The summed E-state index contributed by atoms with van der Waals surface area (Å²) < 4.78 is 5.46. The molecule has 4 nitrogen and oxygen atoms in total. The molecular weight excluding hydrogens is 238 g/mol. The first-order valence-corrected chi connectivity index (χ1v) is 7.72. The lowest BCUT2D eigenvalue weighted by Crippen LogP contribution is -2.38. The van der Waals surface area contributed by atoms with E-state index in [1.54, 1.807) is 0 Å². The molecule has 1 aliphatic heterocycles. The average Bonchev–Trinajstić information content (AvgIpc) is 2.87. The van der Waals surface area contributed by atoms with Crippen LogP contribution in [0.15, 0.2) is 10.6 Å². The molecule has 0 aromatic carbocycles. The van der Waals surface area contributed by atoms with Crippen molar-refractivity contribution in [3.8, 4) is 0 Å². The molecule has 0 aliphatic carbocycles. The van der Waals surface area contributed by atoms with Crippen LogP contribution in [0.1, 0.15) is 57.4 Å². The van der Waals surface area contributed by atoms with E-state index in [-0.39, 0.29) is 0 Å². The number of aromatic nitrogens is 1. The van der Waals surface area contributed by atoms with Crippen LogP contribution in [-0.4, -0.2) is 29.2 Å². The van der Waals surface area contributed by atoms with E-state index in [1.165, 1.54) is 32.2 Å². The van der Waals surface area contributed by atoms with Gasteiger partial charge >= 0.3 is 0 Å². The summed E-state index contributed by atoms with van der Waals surface area (Å²) >= 11 is 0. The van der Waals surface area contributed by atoms with Crippen molar-refractivity contribution in [3.05, 3.63) is 17.5 Å². The van der Waals surface area contributed by atoms with E-state index in [4.69, 9.17) is 4.52 Å². The van der Waals surface area contributed by atoms with Crippen LogP contribution >= 0.6 is 0 Å². The topological polar surface area (TPSA) is 41.3 Å². The zero-order chi connectivity index (χ0) is 13.5. The predicted octanol–water partition coefficient (Wildman–Crippen LogP) is 2.94. The molecule has 1 aromatic heterocycles. The second-order valence-corrected chi connectivity index (χ2v) is 5.49. The molecule has 19 heavy (non-hydrogen) atoms. The SMILES string of the molecule is CCCNCc1cc(CN2CCCCC2CC)on1. The average molecular weight is 265 g/mol. The van der Waals surface area contributed by atoms with Gasteiger partial charge in [-0.2, -0.15) is 0 Å². The van der Waals surface area contributed by atoms with Gasteiger partial charge in [-0.3, -0.25) is 4.90 Å². The van der Waals surface area contributed by atoms with Gasteiger partial charge in [-0.1, -0.05) is 25.4 Å². The van der Waals surface area contributed by atoms with Crippen molar-refractivity contribution in [1.82, 2.24) is 15.4 Å². The van der Waals surface area contributed by atoms with Crippen molar-refractivity contribution < 1.29 is 4.52 Å². The van der Waals surface area contributed by atoms with Gasteiger partial charge in [-0.25, -0.2) is 0 Å². The number of nitrogens with zero attached hydrogens (tertiary/aromatic N) is 2. The van der Waals surface area contributed by atoms with Gasteiger partial charge in [0.25, 0.3) is 0 Å². The van der Waals surface area contributed by atoms with Gasteiger partial charge in [0.05, 0.1) is 12.2 Å². The highest BCUT2D eigenvalue weighted by atomic mass is 16.5. The second-order valence-electron chi connectivity index (χ2n) is 5.49. The highest BCUT2D eigenvalue weighted by Gasteiger charge is 2.22. The number of likely N-dealkylation sites (tertiary alicyclic amines) is 1. The summed E-state index contributed by atoms with van der Waals surface area (Å²) in [5.74, 6) is 1.01. The Bertz CT molecular complexity index is 364. The number of hydrogen-bond donors (Lipinski definition) is 1. The lowest BCUT2D eigenvalue weighted by atomic mass is 10.00. The van der Waals surface area contributed by atoms with Crippen LogP contribution in [0.25, 0.3) is 0 Å². The second kappa shape index (κ2) is 7.65. The first-order valence-electron chi connectivity index (χ1n) is 7.72. The van der Waals surface area contributed by atoms with Crippen molar-refractivity contribution in [3.63, 3.8) is 0 Å². The van der Waals surface area contributed by atoms with Crippen LogP contribution < -0.4 is 5.32 Å². The van der Waals surface area contributed by atoms with Crippen molar-refractivity contribution >= 4 is 0 Å². The summed E-state index contributed by atoms with van der Waals surface area (Å²) in [6, 6.07) is 2.82. The molecule has 1 aliphatic rings. The molecule has 2 rings (SSSR count). The molecule has 108 valence electrons. The normalized spacial score (nSPS) is 20.8. The Labute approximate surface area is 116 Å². The minimum Gasteiger partial charge on any atom is -0.360 e. The molecule has 1 aromatic rings. The third-order valence-corrected chi connectivity index (χ3v) is 3.92. The minimum absolute atomic E-state index is 0.723. The molecule has 1 fully saturated rings. The van der Waals surface area contributed by atoms with Crippen LogP contribution in [0.5, 0.6) is 0 Å². The summed E-state index contributed by atoms with van der Waals surface area (Å²) in [7, 11) is 0. The molecule has 1 atom stereocenters. The number of nitrogens with one attached hydrogen (secondary N) is 1. The monoisotopic (exact) mass is 265 g/mol. The summed E-state index contributed by atoms with van der Waals surface area (Å²) in [5.41, 5.74) is 1.02. The zero-order valence-electron chi connectivity index (χ0n) is 12.3. The maximum atomic E-state index is 5.46. The van der Waals surface area contributed by atoms with Crippen LogP contribution in [0, 0.1) is 0 Å². The number of piperidine rings is 1. The fraction of sp³-hybridized carbons (Fsp3) is 0.800. The predicted molar refractivity (Wildman–Crippen MR) is 76.8 cm³/mol. The van der Waals surface area contributed by atoms with Gasteiger partial charge in [0.2, 0.25) is 0 Å². The van der Waals surface area contributed by atoms with Gasteiger partial charge in [0.1, 0.15) is 0 Å². The maximum absolute atomic E-state index is 5.46. The van der Waals surface area contributed by atoms with Crippen LogP contribution in [0.4, 0.5) is 0 Å². The van der Waals surface area contributed by atoms with E-state index in [2.05, 4.69) is 35.3 Å². The highest BCUT2D eigenvalue weighted by molar-refractivity contribution is 5.05. The lowest BCUT2D eigenvalue weighted by Gasteiger charge is -2.34. The fourth-order valence-corrected chi connectivity index (χ4v) is 2.84. The van der Waals surface area contributed by atoms with Gasteiger partial charge in [0, 0.05) is 18.7 Å². The molecule has 4 heteroatoms. The smallest absolute Gasteiger partial charge is 0.151 e. The summed E-state index contributed by atoms with van der Waals surface area (Å²) in [4.78, 5) is 2.55. The Balaban J connectivity index is 1.84. The Kier molecular flexibility index (Phi) is 5.86. The van der Waals surface area contributed by atoms with Gasteiger partial charge < -0.3 is 9.84 Å². The van der Waals surface area contributed by atoms with Gasteiger partial charge in [0.15, 0.2) is 5.76 Å². The van der Waals surface area contributed by atoms with Crippen LogP contribution in [0.2, 0.25) is 0 Å². The van der Waals surface area contributed by atoms with E-state index in [9.17, 15) is 0 Å². The Morgan fingerprint density at radius 3 is 3.11 bits per heavy atom. The molecule has 1 saturated heterocycles. The summed E-state index contributed by atoms with van der Waals surface area (Å²) in [6.07, 6.45) is 6.40. The van der Waals surface area contributed by atoms with E-state index >= 15 is 0 Å². The summed E-state index contributed by atoms with van der Waals surface area (Å²) in [5, 5.41) is 7.49. The highest BCUT2D eigenvalue weighted by Crippen LogP contribution is 2.21. The van der Waals surface area contributed by atoms with Gasteiger partial charge in [-0.05, 0) is 38.8 Å². The van der Waals surface area contributed by atoms with Crippen molar-refractivity contribution in [1.29, 1.82) is 0 Å². The van der Waals surface area contributed by atoms with E-state index in [0.29, 0.717) is 0 Å². The Morgan fingerprint density at radius 1 is 1.42 bits per heavy atom. The van der Waals surface area contributed by atoms with Crippen LogP contribution in [-0.2, 0) is 13.1 Å². The van der Waals surface area contributed by atoms with Crippen molar-refractivity contribution in [2.24, 2.45) is 0 Å². The Hall–Kier alpha value is -0.870. The number of hydrogen-bond acceptors (Lipinski definition) is 4. The molecular formula is C15H27N3O. The first kappa shape index (κ1) is 14.5. The molecule has 1 unspecified atom stereocenters. The minimum atomic E-state index is 0.723. The molecule has 0 radical (unpaired) electrons. The van der Waals surface area contributed by atoms with Crippen molar-refractivity contribution in [2.45, 2.75) is 65.1 Å². The first-order chi connectivity index (χ1) is 9.33. The third-order valence-electron chi connectivity index (χ3n) is 3.92. The molecule has 0 saturated carbocycles. The van der Waals surface area contributed by atoms with Gasteiger partial charge in [-0.15, -0.1) is 0 Å². The largest absolute Gasteiger partial charge is 0.360 e. The lowest BCUT2D eigenvalue weighted by molar-refractivity contribution is 0.123. The molecule has 2 heterocycles. The van der Waals surface area contributed by atoms with E-state index < -0.39 is 0 Å². The number of rotatable bonds is 7. The standard InChI is InChI=1S/C15H27N3O/c1-3-8-16-11-13-10-15(19-17-13)12-18-9-6-5-7-14(18)4-2/h10,14,16H,3-9,11-12H2,1-2H3. The molecule has 1 N–H and O–H groups in total. The van der Waals surface area contributed by atoms with Crippen LogP contribution in [0.3, 0.4) is 0 Å². The van der Waals surface area contributed by atoms with Crippen molar-refractivity contribution in [2.75, 3.05) is 13.1 Å². The van der Waals surface area contributed by atoms with E-state index in [1.807, 2.05) is 0 Å². The quantitative estimate of drug-likeness (QED) is 0.770. The maximum Gasteiger partial charge on any atom is 0.151 e. The molecule has 0 bridgehead atoms. The zero-order valence-corrected chi connectivity index (χ0v) is 12.3.